The van der Waals surface area contributed by atoms with E-state index in [4.69, 9.17) is 16.3 Å². The maximum absolute atomic E-state index is 12.9. The smallest absolute Gasteiger partial charge is 0.321 e. The van der Waals surface area contributed by atoms with Gasteiger partial charge in [-0.25, -0.2) is 4.79 Å². The van der Waals surface area contributed by atoms with Crippen LogP contribution in [-0.4, -0.2) is 66.2 Å². The molecule has 0 bridgehead atoms. The second-order valence-corrected chi connectivity index (χ2v) is 7.45. The lowest BCUT2D eigenvalue weighted by atomic mass is 10.2. The summed E-state index contributed by atoms with van der Waals surface area (Å²) in [5.41, 5.74) is 0.897. The molecule has 1 saturated heterocycles. The van der Waals surface area contributed by atoms with E-state index in [0.717, 1.165) is 0 Å². The average molecular weight is 433 g/mol. The summed E-state index contributed by atoms with van der Waals surface area (Å²) in [7, 11) is 1.56. The largest absolute Gasteiger partial charge is 0.383 e. The van der Waals surface area contributed by atoms with Gasteiger partial charge in [-0.2, -0.15) is 0 Å². The van der Waals surface area contributed by atoms with Crippen LogP contribution in [-0.2, 0) is 11.3 Å². The van der Waals surface area contributed by atoms with E-state index in [1.807, 2.05) is 0 Å². The molecule has 3 amide bonds. The predicted molar refractivity (Wildman–Crippen MR) is 115 cm³/mol. The minimum Gasteiger partial charge on any atom is -0.383 e. The highest BCUT2D eigenvalue weighted by atomic mass is 35.5. The molecule has 1 aromatic carbocycles. The van der Waals surface area contributed by atoms with Gasteiger partial charge >= 0.3 is 6.03 Å². The van der Waals surface area contributed by atoms with Gasteiger partial charge in [-0.3, -0.25) is 9.59 Å². The van der Waals surface area contributed by atoms with Crippen LogP contribution in [0.2, 0.25) is 5.02 Å². The van der Waals surface area contributed by atoms with Crippen molar-refractivity contribution in [3.63, 3.8) is 0 Å². The molecule has 0 aliphatic carbocycles. The van der Waals surface area contributed by atoms with Crippen LogP contribution >= 0.6 is 11.6 Å². The fraction of sp³-hybridized carbons (Fsp3) is 0.381. The molecular weight excluding hydrogens is 408 g/mol. The van der Waals surface area contributed by atoms with Crippen molar-refractivity contribution >= 4 is 29.2 Å². The molecule has 2 aromatic rings. The Labute approximate surface area is 180 Å². The monoisotopic (exact) mass is 432 g/mol. The van der Waals surface area contributed by atoms with Crippen molar-refractivity contribution in [3.05, 3.63) is 63.5 Å². The first-order valence-electron chi connectivity index (χ1n) is 9.78. The number of carbonyl (C=O) groups excluding carboxylic acids is 2. The molecule has 1 aliphatic rings. The minimum absolute atomic E-state index is 0.154. The third-order valence-electron chi connectivity index (χ3n) is 4.91. The van der Waals surface area contributed by atoms with Gasteiger partial charge in [-0.05, 0) is 30.7 Å². The minimum atomic E-state index is -0.223. The number of pyridine rings is 1. The van der Waals surface area contributed by atoms with Crippen molar-refractivity contribution in [2.24, 2.45) is 0 Å². The normalized spacial score (nSPS) is 14.3. The molecule has 1 N–H and O–H groups in total. The Morgan fingerprint density at radius 3 is 2.63 bits per heavy atom. The summed E-state index contributed by atoms with van der Waals surface area (Å²) in [6, 6.07) is 9.69. The van der Waals surface area contributed by atoms with Crippen molar-refractivity contribution in [1.82, 2.24) is 14.4 Å². The van der Waals surface area contributed by atoms with Crippen LogP contribution in [0.15, 0.2) is 47.4 Å². The topological polar surface area (TPSA) is 83.9 Å². The van der Waals surface area contributed by atoms with E-state index >= 15 is 0 Å². The lowest BCUT2D eigenvalue weighted by Gasteiger charge is -2.23. The van der Waals surface area contributed by atoms with E-state index in [9.17, 15) is 14.4 Å². The van der Waals surface area contributed by atoms with Gasteiger partial charge in [-0.15, -0.1) is 0 Å². The lowest BCUT2D eigenvalue weighted by molar-refractivity contribution is 0.0761. The molecule has 0 unspecified atom stereocenters. The number of aromatic nitrogens is 1. The van der Waals surface area contributed by atoms with E-state index in [0.29, 0.717) is 62.0 Å². The Kier molecular flexibility index (Phi) is 7.48. The highest BCUT2D eigenvalue weighted by molar-refractivity contribution is 6.30. The lowest BCUT2D eigenvalue weighted by Crippen LogP contribution is -2.39. The number of ether oxygens (including phenoxy) is 1. The molecule has 160 valence electrons. The summed E-state index contributed by atoms with van der Waals surface area (Å²) in [6.07, 6.45) is 2.23. The molecule has 0 atom stereocenters. The molecule has 1 fully saturated rings. The van der Waals surface area contributed by atoms with E-state index < -0.39 is 0 Å². The quantitative estimate of drug-likeness (QED) is 0.786. The Hall–Kier alpha value is -2.84. The number of nitrogens with zero attached hydrogens (tertiary/aromatic N) is 3. The third-order valence-corrected chi connectivity index (χ3v) is 5.15. The van der Waals surface area contributed by atoms with E-state index in [-0.39, 0.29) is 17.5 Å². The first kappa shape index (κ1) is 21.9. The van der Waals surface area contributed by atoms with Crippen LogP contribution in [0.5, 0.6) is 0 Å². The van der Waals surface area contributed by atoms with Crippen LogP contribution in [0, 0.1) is 0 Å². The zero-order chi connectivity index (χ0) is 21.5. The molecule has 1 aromatic heterocycles. The summed E-state index contributed by atoms with van der Waals surface area (Å²) < 4.78 is 6.48. The van der Waals surface area contributed by atoms with Crippen molar-refractivity contribution < 1.29 is 14.3 Å². The molecule has 30 heavy (non-hydrogen) atoms. The van der Waals surface area contributed by atoms with Gasteiger partial charge in [0.05, 0.1) is 12.2 Å². The summed E-state index contributed by atoms with van der Waals surface area (Å²) in [5.74, 6) is -0.154. The first-order valence-corrected chi connectivity index (χ1v) is 10.2. The number of halogens is 1. The molecular formula is C21H25ClN4O4. The molecule has 1 aliphatic heterocycles. The zero-order valence-corrected chi connectivity index (χ0v) is 17.6. The maximum Gasteiger partial charge on any atom is 0.321 e. The van der Waals surface area contributed by atoms with Crippen molar-refractivity contribution in [1.29, 1.82) is 0 Å². The molecule has 8 nitrogen and oxygen atoms in total. The van der Waals surface area contributed by atoms with Gasteiger partial charge < -0.3 is 24.4 Å². The molecule has 0 radical (unpaired) electrons. The summed E-state index contributed by atoms with van der Waals surface area (Å²) in [6.45, 7) is 2.69. The fourth-order valence-electron chi connectivity index (χ4n) is 3.30. The first-order chi connectivity index (χ1) is 14.5. The van der Waals surface area contributed by atoms with Gasteiger partial charge in [0.25, 0.3) is 11.5 Å². The summed E-state index contributed by atoms with van der Waals surface area (Å²) >= 11 is 5.96. The predicted octanol–water partition coefficient (Wildman–Crippen LogP) is 2.53. The van der Waals surface area contributed by atoms with Gasteiger partial charge in [0.1, 0.15) is 0 Å². The zero-order valence-electron chi connectivity index (χ0n) is 16.8. The number of methoxy groups -OCH3 is 1. The number of amides is 3. The maximum atomic E-state index is 12.9. The summed E-state index contributed by atoms with van der Waals surface area (Å²) in [5, 5.41) is 3.39. The number of anilines is 1. The Morgan fingerprint density at radius 1 is 1.10 bits per heavy atom. The molecule has 0 spiro atoms. The van der Waals surface area contributed by atoms with E-state index in [1.54, 1.807) is 53.4 Å². The van der Waals surface area contributed by atoms with Crippen LogP contribution in [0.4, 0.5) is 10.5 Å². The van der Waals surface area contributed by atoms with Gasteiger partial charge in [0.2, 0.25) is 0 Å². The van der Waals surface area contributed by atoms with Crippen LogP contribution in [0.25, 0.3) is 0 Å². The molecule has 9 heteroatoms. The van der Waals surface area contributed by atoms with E-state index in [2.05, 4.69) is 5.32 Å². The number of rotatable bonds is 5. The third kappa shape index (κ3) is 5.61. The van der Waals surface area contributed by atoms with Crippen LogP contribution < -0.4 is 10.9 Å². The van der Waals surface area contributed by atoms with Crippen LogP contribution in [0.3, 0.4) is 0 Å². The Morgan fingerprint density at radius 2 is 1.87 bits per heavy atom. The van der Waals surface area contributed by atoms with Crippen molar-refractivity contribution in [2.75, 3.05) is 45.2 Å². The summed E-state index contributed by atoms with van der Waals surface area (Å²) in [4.78, 5) is 40.9. The molecule has 0 saturated carbocycles. The Balaban J connectivity index is 1.62. The number of benzene rings is 1. The average Bonchev–Trinajstić information content (AvgIpc) is 2.99. The highest BCUT2D eigenvalue weighted by Gasteiger charge is 2.23. The van der Waals surface area contributed by atoms with E-state index in [1.165, 1.54) is 10.6 Å². The number of carbonyl (C=O) groups is 2. The van der Waals surface area contributed by atoms with Crippen molar-refractivity contribution in [3.8, 4) is 0 Å². The van der Waals surface area contributed by atoms with Crippen LogP contribution in [0.1, 0.15) is 16.8 Å². The SMILES string of the molecule is COCCn1cc(C(=O)N2CCCN(C(=O)Nc3cccc(Cl)c3)CC2)ccc1=O. The molecule has 3 rings (SSSR count). The Bertz CT molecular complexity index is 962. The second kappa shape index (κ2) is 10.3. The second-order valence-electron chi connectivity index (χ2n) is 7.02. The standard InChI is InChI=1S/C21H25ClN4O4/c1-30-13-12-26-15-16(6-7-19(26)27)20(28)24-8-3-9-25(11-10-24)21(29)23-18-5-2-4-17(22)14-18/h2,4-7,14-15H,3,8-13H2,1H3,(H,23,29). The van der Waals surface area contributed by atoms with Gasteiger partial charge in [0, 0.05) is 62.8 Å². The van der Waals surface area contributed by atoms with Crippen molar-refractivity contribution in [2.45, 2.75) is 13.0 Å². The number of hydrogen-bond acceptors (Lipinski definition) is 4. The number of nitrogens with one attached hydrogen (secondary N) is 1. The number of hydrogen-bond donors (Lipinski definition) is 1. The van der Waals surface area contributed by atoms with Gasteiger partial charge in [0.15, 0.2) is 0 Å². The number of urea groups is 1. The van der Waals surface area contributed by atoms with Gasteiger partial charge in [-0.1, -0.05) is 17.7 Å². The highest BCUT2D eigenvalue weighted by Crippen LogP contribution is 2.16. The fourth-order valence-corrected chi connectivity index (χ4v) is 3.49. The molecule has 2 heterocycles.